The van der Waals surface area contributed by atoms with E-state index in [0.717, 1.165) is 32.3 Å². The molecule has 0 saturated heterocycles. The van der Waals surface area contributed by atoms with E-state index in [4.69, 9.17) is 36.6 Å². The first kappa shape index (κ1) is 33.1. The van der Waals surface area contributed by atoms with Gasteiger partial charge in [0, 0.05) is 67.8 Å². The van der Waals surface area contributed by atoms with Gasteiger partial charge in [0.2, 0.25) is 0 Å². The smallest absolute Gasteiger partial charge is 0.423 e. The molecular weight excluding hydrogens is 601 g/mol. The molecule has 0 aliphatic rings. The van der Waals surface area contributed by atoms with Gasteiger partial charge >= 0.3 is 7.12 Å². The minimum absolute atomic E-state index is 0.511. The lowest BCUT2D eigenvalue weighted by Crippen LogP contribution is -2.29. The third-order valence-corrected chi connectivity index (χ3v) is 7.96. The van der Waals surface area contributed by atoms with Crippen molar-refractivity contribution in [1.29, 1.82) is 0 Å². The zero-order valence-corrected chi connectivity index (χ0v) is 22.6. The predicted molar refractivity (Wildman–Crippen MR) is 158 cm³/mol. The number of thiophene rings is 1. The van der Waals surface area contributed by atoms with Crippen molar-refractivity contribution in [1.82, 2.24) is 4.57 Å². The normalized spacial score (nSPS) is 10.1. The summed E-state index contributed by atoms with van der Waals surface area (Å²) in [4.78, 5) is 0. The molecular formula is C30H20BF8NO2S. The van der Waals surface area contributed by atoms with Crippen molar-refractivity contribution >= 4 is 65.9 Å². The molecule has 0 radical (unpaired) electrons. The summed E-state index contributed by atoms with van der Waals surface area (Å²) in [5, 5.41) is 24.0. The molecule has 2 aromatic heterocycles. The standard InChI is InChI=1S/C30H20BNO2S.4F2/c33-31(34)21-12-15-30-26(18-21)25-16-19(11-14-29(25)35-30)20-10-13-24-23-8-4-5-9-27(23)32(28(24)17-20)22-6-2-1-3-7-22;4*1-2/h1-18,33-34H;;;;. The average molecular weight is 621 g/mol. The fourth-order valence-corrected chi connectivity index (χ4v) is 6.21. The van der Waals surface area contributed by atoms with Gasteiger partial charge in [-0.15, -0.1) is 11.3 Å². The molecule has 2 N–H and O–H groups in total. The van der Waals surface area contributed by atoms with Crippen LogP contribution in [0.2, 0.25) is 0 Å². The number of rotatable bonds is 3. The van der Waals surface area contributed by atoms with Crippen molar-refractivity contribution in [2.24, 2.45) is 0 Å². The molecule has 7 rings (SSSR count). The molecule has 0 aliphatic carbocycles. The Morgan fingerprint density at radius 2 is 1.02 bits per heavy atom. The van der Waals surface area contributed by atoms with E-state index in [1.807, 2.05) is 18.2 Å². The monoisotopic (exact) mass is 621 g/mol. The van der Waals surface area contributed by atoms with Crippen molar-refractivity contribution in [3.8, 4) is 16.8 Å². The zero-order chi connectivity index (χ0) is 31.5. The van der Waals surface area contributed by atoms with Crippen LogP contribution in [0.5, 0.6) is 0 Å². The Morgan fingerprint density at radius 1 is 0.488 bits per heavy atom. The Hall–Kier alpha value is -4.46. The number of hydrogen-bond acceptors (Lipinski definition) is 3. The van der Waals surface area contributed by atoms with Crippen LogP contribution in [0.3, 0.4) is 0 Å². The molecule has 7 aromatic rings. The summed E-state index contributed by atoms with van der Waals surface area (Å²) in [7, 11) is -1.47. The SMILES string of the molecule is FF.FF.FF.FF.OB(O)c1ccc2sc3ccc(-c4ccc5c6ccccc6n(-c6ccccc6)c5c4)cc3c2c1. The predicted octanol–water partition coefficient (Wildman–Crippen LogP) is 9.86. The second-order valence-electron chi connectivity index (χ2n) is 8.86. The van der Waals surface area contributed by atoms with Crippen LogP contribution in [0.25, 0.3) is 58.8 Å². The quantitative estimate of drug-likeness (QED) is 0.152. The minimum atomic E-state index is -1.47. The summed E-state index contributed by atoms with van der Waals surface area (Å²) in [6, 6.07) is 38.0. The molecule has 0 amide bonds. The maximum Gasteiger partial charge on any atom is 0.488 e. The Labute approximate surface area is 243 Å². The number of hydrogen-bond donors (Lipinski definition) is 2. The van der Waals surface area contributed by atoms with Gasteiger partial charge in [0.1, 0.15) is 0 Å². The maximum absolute atomic E-state index is 9.66. The number of para-hydroxylation sites is 2. The van der Waals surface area contributed by atoms with E-state index in [2.05, 4.69) is 89.5 Å². The average Bonchev–Trinajstić information content (AvgIpc) is 3.63. The molecule has 43 heavy (non-hydrogen) atoms. The van der Waals surface area contributed by atoms with E-state index >= 15 is 0 Å². The van der Waals surface area contributed by atoms with E-state index in [-0.39, 0.29) is 0 Å². The Kier molecular flexibility index (Phi) is 12.1. The Bertz CT molecular complexity index is 1920. The number of fused-ring (bicyclic) bond motifs is 6. The number of benzene rings is 5. The Balaban J connectivity index is 0.000000588. The van der Waals surface area contributed by atoms with Gasteiger partial charge in [-0.25, -0.2) is 0 Å². The van der Waals surface area contributed by atoms with Gasteiger partial charge in [-0.2, -0.15) is 0 Å². The zero-order valence-electron chi connectivity index (χ0n) is 21.7. The molecule has 0 bridgehead atoms. The lowest BCUT2D eigenvalue weighted by atomic mass is 9.80. The van der Waals surface area contributed by atoms with Crippen LogP contribution in [0, 0.1) is 0 Å². The molecule has 0 fully saturated rings. The van der Waals surface area contributed by atoms with Crippen molar-refractivity contribution in [3.63, 3.8) is 0 Å². The molecule has 2 heterocycles. The van der Waals surface area contributed by atoms with Crippen LogP contribution >= 0.6 is 11.3 Å². The summed E-state index contributed by atoms with van der Waals surface area (Å²) < 4.78 is 68.7. The highest BCUT2D eigenvalue weighted by molar-refractivity contribution is 7.25. The molecule has 0 aliphatic heterocycles. The first-order valence-electron chi connectivity index (χ1n) is 12.2. The second-order valence-corrected chi connectivity index (χ2v) is 9.95. The minimum Gasteiger partial charge on any atom is -0.423 e. The molecule has 0 unspecified atom stereocenters. The van der Waals surface area contributed by atoms with Crippen LogP contribution in [-0.4, -0.2) is 21.7 Å². The van der Waals surface area contributed by atoms with Gasteiger partial charge < -0.3 is 14.6 Å². The van der Waals surface area contributed by atoms with Crippen LogP contribution in [-0.2, 0) is 0 Å². The van der Waals surface area contributed by atoms with Gasteiger partial charge in [-0.05, 0) is 64.4 Å². The van der Waals surface area contributed by atoms with Crippen LogP contribution in [0.15, 0.2) is 109 Å². The van der Waals surface area contributed by atoms with Crippen LogP contribution < -0.4 is 5.46 Å². The molecule has 0 spiro atoms. The van der Waals surface area contributed by atoms with E-state index in [9.17, 15) is 10.0 Å². The van der Waals surface area contributed by atoms with Gasteiger partial charge in [0.05, 0.1) is 11.0 Å². The van der Waals surface area contributed by atoms with Gasteiger partial charge in [0.15, 0.2) is 0 Å². The van der Waals surface area contributed by atoms with Crippen molar-refractivity contribution in [2.75, 3.05) is 0 Å². The lowest BCUT2D eigenvalue weighted by molar-refractivity contribution is 0.108. The summed E-state index contributed by atoms with van der Waals surface area (Å²) >= 11 is 1.72. The molecule has 0 saturated carbocycles. The lowest BCUT2D eigenvalue weighted by Gasteiger charge is -2.09. The molecule has 5 aromatic carbocycles. The first-order valence-corrected chi connectivity index (χ1v) is 13.0. The van der Waals surface area contributed by atoms with Crippen molar-refractivity contribution < 1.29 is 46.6 Å². The van der Waals surface area contributed by atoms with Crippen molar-refractivity contribution in [3.05, 3.63) is 109 Å². The fraction of sp³-hybridized carbons (Fsp3) is 0. The molecule has 222 valence electrons. The van der Waals surface area contributed by atoms with E-state index in [1.54, 1.807) is 17.4 Å². The molecule has 0 atom stereocenters. The maximum atomic E-state index is 9.66. The van der Waals surface area contributed by atoms with Gasteiger partial charge in [-0.1, -0.05) is 66.7 Å². The topological polar surface area (TPSA) is 45.4 Å². The first-order chi connectivity index (χ1) is 21.2. The van der Waals surface area contributed by atoms with Crippen LogP contribution in [0.4, 0.5) is 36.6 Å². The second kappa shape index (κ2) is 15.7. The Morgan fingerprint density at radius 3 is 1.70 bits per heavy atom. The highest BCUT2D eigenvalue weighted by Crippen LogP contribution is 2.38. The molecule has 3 nitrogen and oxygen atoms in total. The van der Waals surface area contributed by atoms with E-state index in [0.29, 0.717) is 5.46 Å². The molecule has 13 heteroatoms. The number of nitrogens with zero attached hydrogens (tertiary/aromatic N) is 1. The summed E-state index contributed by atoms with van der Waals surface area (Å²) in [5.74, 6) is 0. The largest absolute Gasteiger partial charge is 0.488 e. The van der Waals surface area contributed by atoms with Crippen LogP contribution in [0.1, 0.15) is 0 Å². The van der Waals surface area contributed by atoms with E-state index in [1.165, 1.54) is 26.5 Å². The van der Waals surface area contributed by atoms with E-state index < -0.39 is 7.12 Å². The van der Waals surface area contributed by atoms with Crippen molar-refractivity contribution in [2.45, 2.75) is 0 Å². The third kappa shape index (κ3) is 6.48. The van der Waals surface area contributed by atoms with Gasteiger partial charge in [-0.3, -0.25) is 0 Å². The number of aromatic nitrogens is 1. The highest BCUT2D eigenvalue weighted by atomic mass is 32.1. The third-order valence-electron chi connectivity index (χ3n) is 6.81. The summed E-state index contributed by atoms with van der Waals surface area (Å²) in [6.07, 6.45) is 0. The summed E-state index contributed by atoms with van der Waals surface area (Å²) in [6.45, 7) is 0. The summed E-state index contributed by atoms with van der Waals surface area (Å²) in [5.41, 5.74) is 6.31. The highest BCUT2D eigenvalue weighted by Gasteiger charge is 2.15. The van der Waals surface area contributed by atoms with Gasteiger partial charge in [0.25, 0.3) is 0 Å². The number of halogens is 8. The fourth-order valence-electron chi connectivity index (χ4n) is 5.14.